The topological polar surface area (TPSA) is 77.4 Å². The van der Waals surface area contributed by atoms with Crippen molar-refractivity contribution in [3.8, 4) is 0 Å². The summed E-state index contributed by atoms with van der Waals surface area (Å²) in [6, 6.07) is 0. The molecule has 3 aliphatic rings. The average Bonchev–Trinajstić information content (AvgIpc) is 2.46. The number of carbonyl (C=O) groups is 2. The third-order valence-electron chi connectivity index (χ3n) is 6.98. The van der Waals surface area contributed by atoms with E-state index in [1.807, 2.05) is 13.0 Å². The van der Waals surface area contributed by atoms with Gasteiger partial charge >= 0.3 is 0 Å². The van der Waals surface area contributed by atoms with Gasteiger partial charge in [-0.25, -0.2) is 0 Å². The minimum absolute atomic E-state index is 0.00940. The molecule has 0 heterocycles. The Balaban J connectivity index is 1.88. The normalized spacial score (nSPS) is 43.3. The number of allylic oxidation sites excluding steroid dienone is 2. The standard InChI is InChI=1S/C19H28O4/c1-18-9-7-13(20)11-12(18)3-4-14-15(18)8-10-19(2,23)16(14)5-6-17(21)22/h11,14-16,23H,3-10H2,1-2H3,(H,21,22)/p-1/t14-,15+,16+,18+,19+/m1/s1. The van der Waals surface area contributed by atoms with Crippen LogP contribution in [0.4, 0.5) is 0 Å². The zero-order valence-corrected chi connectivity index (χ0v) is 14.1. The van der Waals surface area contributed by atoms with Crippen molar-refractivity contribution in [2.75, 3.05) is 0 Å². The molecular formula is C19H27O4-. The van der Waals surface area contributed by atoms with Crippen molar-refractivity contribution in [1.29, 1.82) is 0 Å². The van der Waals surface area contributed by atoms with Crippen LogP contribution in [0.5, 0.6) is 0 Å². The van der Waals surface area contributed by atoms with E-state index in [0.717, 1.165) is 25.7 Å². The van der Waals surface area contributed by atoms with E-state index >= 15 is 0 Å². The average molecular weight is 319 g/mol. The highest BCUT2D eigenvalue weighted by Gasteiger charge is 2.54. The summed E-state index contributed by atoms with van der Waals surface area (Å²) >= 11 is 0. The summed E-state index contributed by atoms with van der Waals surface area (Å²) in [7, 11) is 0. The van der Waals surface area contributed by atoms with Crippen LogP contribution in [-0.2, 0) is 9.59 Å². The highest BCUT2D eigenvalue weighted by Crippen LogP contribution is 2.60. The number of aliphatic carboxylic acids is 1. The van der Waals surface area contributed by atoms with Crippen LogP contribution >= 0.6 is 0 Å². The van der Waals surface area contributed by atoms with Gasteiger partial charge < -0.3 is 15.0 Å². The highest BCUT2D eigenvalue weighted by atomic mass is 16.4. The molecule has 2 fully saturated rings. The van der Waals surface area contributed by atoms with Crippen molar-refractivity contribution in [2.45, 2.75) is 70.8 Å². The summed E-state index contributed by atoms with van der Waals surface area (Å²) in [4.78, 5) is 22.7. The van der Waals surface area contributed by atoms with Gasteiger partial charge in [-0.1, -0.05) is 12.5 Å². The molecule has 0 amide bonds. The summed E-state index contributed by atoms with van der Waals surface area (Å²) in [5.41, 5.74) is 0.543. The van der Waals surface area contributed by atoms with Gasteiger partial charge in [0.2, 0.25) is 0 Å². The third kappa shape index (κ3) is 2.86. The molecule has 3 aliphatic carbocycles. The molecule has 23 heavy (non-hydrogen) atoms. The highest BCUT2D eigenvalue weighted by molar-refractivity contribution is 5.91. The molecule has 2 saturated carbocycles. The smallest absolute Gasteiger partial charge is 0.155 e. The number of ketones is 1. The van der Waals surface area contributed by atoms with Crippen LogP contribution in [0.25, 0.3) is 0 Å². The maximum absolute atomic E-state index is 11.8. The fraction of sp³-hybridized carbons (Fsp3) is 0.789. The molecule has 0 saturated heterocycles. The van der Waals surface area contributed by atoms with Crippen molar-refractivity contribution in [1.82, 2.24) is 0 Å². The van der Waals surface area contributed by atoms with Crippen LogP contribution in [0.2, 0.25) is 0 Å². The number of carbonyl (C=O) groups excluding carboxylic acids is 2. The van der Waals surface area contributed by atoms with Gasteiger partial charge in [-0.2, -0.15) is 0 Å². The molecule has 0 radical (unpaired) electrons. The van der Waals surface area contributed by atoms with Crippen molar-refractivity contribution < 1.29 is 19.8 Å². The Hall–Kier alpha value is -1.16. The molecule has 0 bridgehead atoms. The fourth-order valence-corrected chi connectivity index (χ4v) is 5.66. The number of rotatable bonds is 3. The lowest BCUT2D eigenvalue weighted by molar-refractivity contribution is -0.306. The largest absolute Gasteiger partial charge is 0.550 e. The van der Waals surface area contributed by atoms with Gasteiger partial charge in [-0.05, 0) is 81.1 Å². The van der Waals surface area contributed by atoms with Crippen LogP contribution in [0.1, 0.15) is 65.2 Å². The third-order valence-corrected chi connectivity index (χ3v) is 6.98. The summed E-state index contributed by atoms with van der Waals surface area (Å²) < 4.78 is 0. The van der Waals surface area contributed by atoms with Gasteiger partial charge in [0.1, 0.15) is 0 Å². The molecule has 3 rings (SSSR count). The van der Waals surface area contributed by atoms with Crippen molar-refractivity contribution in [2.24, 2.45) is 23.2 Å². The van der Waals surface area contributed by atoms with E-state index in [1.165, 1.54) is 5.57 Å². The first-order chi connectivity index (χ1) is 10.7. The van der Waals surface area contributed by atoms with Crippen LogP contribution in [0.15, 0.2) is 11.6 Å². The quantitative estimate of drug-likeness (QED) is 0.863. The Kier molecular flexibility index (Phi) is 4.16. The number of hydrogen-bond acceptors (Lipinski definition) is 4. The van der Waals surface area contributed by atoms with Crippen LogP contribution in [0.3, 0.4) is 0 Å². The second kappa shape index (κ2) is 5.73. The van der Waals surface area contributed by atoms with Gasteiger partial charge in [0, 0.05) is 12.4 Å². The number of carboxylic acids is 1. The predicted octanol–water partition coefficient (Wildman–Crippen LogP) is 2.00. The summed E-state index contributed by atoms with van der Waals surface area (Å²) in [5, 5.41) is 21.7. The molecule has 0 spiro atoms. The molecule has 5 atom stereocenters. The Morgan fingerprint density at radius 3 is 2.74 bits per heavy atom. The molecule has 0 aliphatic heterocycles. The predicted molar refractivity (Wildman–Crippen MR) is 84.2 cm³/mol. The Labute approximate surface area is 138 Å². The summed E-state index contributed by atoms with van der Waals surface area (Å²) in [5.74, 6) is 0.00668. The molecule has 0 aromatic rings. The van der Waals surface area contributed by atoms with Crippen molar-refractivity contribution in [3.63, 3.8) is 0 Å². The molecule has 4 nitrogen and oxygen atoms in total. The monoisotopic (exact) mass is 319 g/mol. The number of aliphatic hydroxyl groups is 1. The van der Waals surface area contributed by atoms with Crippen LogP contribution < -0.4 is 5.11 Å². The van der Waals surface area contributed by atoms with Crippen LogP contribution in [-0.4, -0.2) is 22.5 Å². The zero-order valence-electron chi connectivity index (χ0n) is 14.1. The Morgan fingerprint density at radius 1 is 1.30 bits per heavy atom. The maximum Gasteiger partial charge on any atom is 0.155 e. The second-order valence-corrected chi connectivity index (χ2v) is 8.28. The van der Waals surface area contributed by atoms with Gasteiger partial charge in [0.05, 0.1) is 5.60 Å². The lowest BCUT2D eigenvalue weighted by atomic mass is 9.48. The second-order valence-electron chi connectivity index (χ2n) is 8.28. The number of carboxylic acid groups (broad SMARTS) is 1. The molecule has 0 aromatic carbocycles. The fourth-order valence-electron chi connectivity index (χ4n) is 5.66. The molecule has 1 N–H and O–H groups in total. The van der Waals surface area contributed by atoms with Crippen LogP contribution in [0, 0.1) is 23.2 Å². The lowest BCUT2D eigenvalue weighted by Gasteiger charge is -2.57. The first kappa shape index (κ1) is 16.7. The van der Waals surface area contributed by atoms with E-state index in [9.17, 15) is 19.8 Å². The van der Waals surface area contributed by atoms with E-state index in [0.29, 0.717) is 31.1 Å². The molecule has 0 unspecified atom stereocenters. The number of hydrogen-bond donors (Lipinski definition) is 1. The Morgan fingerprint density at radius 2 is 2.04 bits per heavy atom. The van der Waals surface area contributed by atoms with Gasteiger partial charge in [-0.15, -0.1) is 0 Å². The van der Waals surface area contributed by atoms with Gasteiger partial charge in [0.25, 0.3) is 0 Å². The van der Waals surface area contributed by atoms with E-state index < -0.39 is 11.6 Å². The minimum Gasteiger partial charge on any atom is -0.550 e. The SMILES string of the molecule is C[C@]1(O)CC[C@H]2[C@@H](CCC3=CC(=O)CC[C@@]32C)[C@@H]1CCC(=O)[O-]. The first-order valence-corrected chi connectivity index (χ1v) is 8.90. The molecule has 4 heteroatoms. The van der Waals surface area contributed by atoms with E-state index in [1.54, 1.807) is 0 Å². The number of fused-ring (bicyclic) bond motifs is 3. The summed E-state index contributed by atoms with van der Waals surface area (Å²) in [6.45, 7) is 4.14. The van der Waals surface area contributed by atoms with E-state index in [-0.39, 0.29) is 23.5 Å². The molecule has 128 valence electrons. The van der Waals surface area contributed by atoms with E-state index in [2.05, 4.69) is 6.92 Å². The Bertz CT molecular complexity index is 548. The minimum atomic E-state index is -1.03. The van der Waals surface area contributed by atoms with Crippen molar-refractivity contribution in [3.05, 3.63) is 11.6 Å². The zero-order chi connectivity index (χ0) is 16.8. The van der Waals surface area contributed by atoms with E-state index in [4.69, 9.17) is 0 Å². The summed E-state index contributed by atoms with van der Waals surface area (Å²) in [6.07, 6.45) is 7.41. The first-order valence-electron chi connectivity index (χ1n) is 8.90. The molecular weight excluding hydrogens is 292 g/mol. The van der Waals surface area contributed by atoms with Crippen molar-refractivity contribution >= 4 is 11.8 Å². The molecule has 0 aromatic heterocycles. The van der Waals surface area contributed by atoms with Gasteiger partial charge in [0.15, 0.2) is 5.78 Å². The maximum atomic E-state index is 11.8. The lowest BCUT2D eigenvalue weighted by Crippen LogP contribution is -2.53. The van der Waals surface area contributed by atoms with Gasteiger partial charge in [-0.3, -0.25) is 4.79 Å².